The van der Waals surface area contributed by atoms with E-state index in [-0.39, 0.29) is 24.8 Å². The predicted octanol–water partition coefficient (Wildman–Crippen LogP) is 8.43. The number of aromatic nitrogens is 4. The number of aliphatic carboxylic acids is 1. The van der Waals surface area contributed by atoms with Crippen molar-refractivity contribution in [3.05, 3.63) is 16.5 Å². The van der Waals surface area contributed by atoms with Crippen LogP contribution in [0.15, 0.2) is 0 Å². The van der Waals surface area contributed by atoms with Crippen LogP contribution < -0.4 is 0 Å². The van der Waals surface area contributed by atoms with Crippen LogP contribution in [0.3, 0.4) is 0 Å². The van der Waals surface area contributed by atoms with E-state index < -0.39 is 5.97 Å². The quantitative estimate of drug-likeness (QED) is 0.132. The molecule has 2 N–H and O–H groups in total. The van der Waals surface area contributed by atoms with Crippen LogP contribution in [0, 0.1) is 6.92 Å². The van der Waals surface area contributed by atoms with Crippen molar-refractivity contribution in [2.75, 3.05) is 6.54 Å². The number of nitrogens with zero attached hydrogens (tertiary/aromatic N) is 4. The van der Waals surface area contributed by atoms with Gasteiger partial charge in [0.2, 0.25) is 5.91 Å². The maximum absolute atomic E-state index is 13.4. The first-order chi connectivity index (χ1) is 18.9. The van der Waals surface area contributed by atoms with Gasteiger partial charge < -0.3 is 10.0 Å². The second-order valence-corrected chi connectivity index (χ2v) is 11.4. The van der Waals surface area contributed by atoms with Gasteiger partial charge in [-0.1, -0.05) is 122 Å². The number of hydrogen-bond acceptors (Lipinski definition) is 4. The van der Waals surface area contributed by atoms with Crippen LogP contribution in [0.1, 0.15) is 153 Å². The lowest BCUT2D eigenvalue weighted by Crippen LogP contribution is -2.37. The molecule has 1 unspecified atom stereocenters. The molecule has 0 radical (unpaired) electrons. The largest absolute Gasteiger partial charge is 0.481 e. The molecule has 0 spiro atoms. The Kier molecular flexibility index (Phi) is 16.2. The van der Waals surface area contributed by atoms with E-state index in [2.05, 4.69) is 29.1 Å². The number of aryl methyl sites for hydroxylation is 1. The van der Waals surface area contributed by atoms with Crippen molar-refractivity contribution in [2.45, 2.75) is 149 Å². The zero-order valence-corrected chi connectivity index (χ0v) is 25.4. The van der Waals surface area contributed by atoms with E-state index in [4.69, 9.17) is 11.6 Å². The van der Waals surface area contributed by atoms with Gasteiger partial charge in [0.1, 0.15) is 5.02 Å². The van der Waals surface area contributed by atoms with Gasteiger partial charge in [-0.15, -0.1) is 10.2 Å². The van der Waals surface area contributed by atoms with Gasteiger partial charge in [0.15, 0.2) is 11.5 Å². The van der Waals surface area contributed by atoms with Gasteiger partial charge in [-0.25, -0.2) is 4.52 Å². The number of halogens is 1. The van der Waals surface area contributed by atoms with Crippen molar-refractivity contribution < 1.29 is 14.7 Å². The first-order valence-corrected chi connectivity index (χ1v) is 15.9. The summed E-state index contributed by atoms with van der Waals surface area (Å²) in [7, 11) is 0. The van der Waals surface area contributed by atoms with E-state index in [1.807, 2.05) is 11.8 Å². The molecule has 2 aromatic rings. The SMILES string of the molecule is CCCCCCCCCCCCC(c1nnc2c(Cl)c(C)[nH]n12)N(CCCCCCCC)C(=O)CCC(=O)O. The van der Waals surface area contributed by atoms with Gasteiger partial charge in [-0.2, -0.15) is 0 Å². The van der Waals surface area contributed by atoms with E-state index in [1.165, 1.54) is 70.6 Å². The molecule has 0 saturated heterocycles. The highest BCUT2D eigenvalue weighted by molar-refractivity contribution is 6.34. The van der Waals surface area contributed by atoms with Crippen molar-refractivity contribution in [3.63, 3.8) is 0 Å². The van der Waals surface area contributed by atoms with Gasteiger partial charge >= 0.3 is 5.97 Å². The lowest BCUT2D eigenvalue weighted by atomic mass is 10.0. The van der Waals surface area contributed by atoms with Gasteiger partial charge in [-0.3, -0.25) is 14.7 Å². The molecule has 1 atom stereocenters. The van der Waals surface area contributed by atoms with Crippen molar-refractivity contribution in [2.24, 2.45) is 0 Å². The predicted molar refractivity (Wildman–Crippen MR) is 158 cm³/mol. The average Bonchev–Trinajstić information content (AvgIpc) is 3.45. The third kappa shape index (κ3) is 11.5. The molecule has 2 heterocycles. The fraction of sp³-hybridized carbons (Fsp3) is 0.800. The molecule has 2 rings (SSSR count). The van der Waals surface area contributed by atoms with E-state index in [0.717, 1.165) is 44.2 Å². The Labute approximate surface area is 240 Å². The highest BCUT2D eigenvalue weighted by atomic mass is 35.5. The van der Waals surface area contributed by atoms with E-state index in [9.17, 15) is 14.7 Å². The van der Waals surface area contributed by atoms with Crippen LogP contribution in [0.25, 0.3) is 5.65 Å². The molecule has 2 aromatic heterocycles. The summed E-state index contributed by atoms with van der Waals surface area (Å²) in [6.07, 6.45) is 19.7. The lowest BCUT2D eigenvalue weighted by Gasteiger charge is -2.31. The number of amides is 1. The standard InChI is InChI=1S/C30H52ClN5O3/c1-4-6-8-10-12-13-14-15-16-18-20-25(29-32-33-30-28(31)24(3)34-36(29)30)35(26(37)21-22-27(38)39)23-19-17-11-9-7-5-2/h25,34H,4-23H2,1-3H3,(H,38,39). The van der Waals surface area contributed by atoms with E-state index >= 15 is 0 Å². The second-order valence-electron chi connectivity index (χ2n) is 11.0. The lowest BCUT2D eigenvalue weighted by molar-refractivity contribution is -0.142. The minimum absolute atomic E-state index is 0.00778. The van der Waals surface area contributed by atoms with Gasteiger partial charge in [0.05, 0.1) is 18.2 Å². The molecule has 0 bridgehead atoms. The van der Waals surface area contributed by atoms with Gasteiger partial charge in [0, 0.05) is 13.0 Å². The molecule has 39 heavy (non-hydrogen) atoms. The number of H-pyrrole nitrogens is 1. The summed E-state index contributed by atoms with van der Waals surface area (Å²) in [5.41, 5.74) is 1.37. The third-order valence-electron chi connectivity index (χ3n) is 7.62. The molecule has 0 fully saturated rings. The minimum atomic E-state index is -0.953. The summed E-state index contributed by atoms with van der Waals surface area (Å²) < 4.78 is 1.80. The number of fused-ring (bicyclic) bond motifs is 1. The number of carbonyl (C=O) groups excluding carboxylic acids is 1. The molecule has 0 aliphatic heterocycles. The topological polar surface area (TPSA) is 104 Å². The third-order valence-corrected chi connectivity index (χ3v) is 8.08. The molecule has 222 valence electrons. The molecule has 0 saturated carbocycles. The highest BCUT2D eigenvalue weighted by Gasteiger charge is 2.30. The summed E-state index contributed by atoms with van der Waals surface area (Å²) in [6, 6.07) is -0.278. The summed E-state index contributed by atoms with van der Waals surface area (Å²) >= 11 is 6.45. The van der Waals surface area contributed by atoms with E-state index in [0.29, 0.717) is 23.0 Å². The molecule has 0 aromatic carbocycles. The van der Waals surface area contributed by atoms with Crippen LogP contribution in [-0.2, 0) is 9.59 Å². The fourth-order valence-electron chi connectivity index (χ4n) is 5.27. The van der Waals surface area contributed by atoms with Crippen LogP contribution in [0.2, 0.25) is 5.02 Å². The highest BCUT2D eigenvalue weighted by Crippen LogP contribution is 2.30. The normalized spacial score (nSPS) is 12.3. The first kappa shape index (κ1) is 33.1. The van der Waals surface area contributed by atoms with Crippen molar-refractivity contribution in [1.82, 2.24) is 24.7 Å². The molecule has 0 aliphatic carbocycles. The summed E-state index contributed by atoms with van der Waals surface area (Å²) in [5, 5.41) is 21.8. The van der Waals surface area contributed by atoms with Crippen LogP contribution in [0.4, 0.5) is 0 Å². The number of carboxylic acid groups (broad SMARTS) is 1. The van der Waals surface area contributed by atoms with Crippen LogP contribution in [-0.4, -0.2) is 48.2 Å². The van der Waals surface area contributed by atoms with Gasteiger partial charge in [0.25, 0.3) is 0 Å². The summed E-state index contributed by atoms with van der Waals surface area (Å²) in [4.78, 5) is 26.5. The smallest absolute Gasteiger partial charge is 0.303 e. The molecular weight excluding hydrogens is 514 g/mol. The number of rotatable bonds is 23. The molecule has 0 aliphatic rings. The minimum Gasteiger partial charge on any atom is -0.481 e. The Hall–Kier alpha value is -2.09. The number of carbonyl (C=O) groups is 2. The Morgan fingerprint density at radius 3 is 1.95 bits per heavy atom. The number of unbranched alkanes of at least 4 members (excludes halogenated alkanes) is 14. The second kappa shape index (κ2) is 19.1. The number of hydrogen-bond donors (Lipinski definition) is 2. The molecule has 8 nitrogen and oxygen atoms in total. The zero-order chi connectivity index (χ0) is 28.5. The van der Waals surface area contributed by atoms with Crippen molar-refractivity contribution in [3.8, 4) is 0 Å². The molecule has 1 amide bonds. The Morgan fingerprint density at radius 2 is 1.38 bits per heavy atom. The number of carboxylic acids is 1. The average molecular weight is 566 g/mol. The summed E-state index contributed by atoms with van der Waals surface area (Å²) in [5.74, 6) is -0.412. The fourth-order valence-corrected chi connectivity index (χ4v) is 5.44. The summed E-state index contributed by atoms with van der Waals surface area (Å²) in [6.45, 7) is 6.94. The maximum atomic E-state index is 13.4. The van der Waals surface area contributed by atoms with Crippen molar-refractivity contribution in [1.29, 1.82) is 0 Å². The van der Waals surface area contributed by atoms with Gasteiger partial charge in [-0.05, 0) is 19.8 Å². The molecule has 9 heteroatoms. The Bertz CT molecular complexity index is 973. The number of nitrogens with one attached hydrogen (secondary N) is 1. The monoisotopic (exact) mass is 565 g/mol. The molecular formula is C30H52ClN5O3. The van der Waals surface area contributed by atoms with E-state index in [1.54, 1.807) is 4.52 Å². The Balaban J connectivity index is 2.10. The first-order valence-electron chi connectivity index (χ1n) is 15.5. The Morgan fingerprint density at radius 1 is 0.846 bits per heavy atom. The van der Waals surface area contributed by atoms with Crippen LogP contribution >= 0.6 is 11.6 Å². The maximum Gasteiger partial charge on any atom is 0.303 e. The van der Waals surface area contributed by atoms with Crippen molar-refractivity contribution >= 4 is 29.1 Å². The van der Waals surface area contributed by atoms with Crippen LogP contribution in [0.5, 0.6) is 0 Å². The number of aromatic amines is 1. The zero-order valence-electron chi connectivity index (χ0n) is 24.7.